The Balaban J connectivity index is 1.56. The number of ether oxygens (including phenoxy) is 1. The Morgan fingerprint density at radius 1 is 0.900 bits per heavy atom. The first-order valence-electron chi connectivity index (χ1n) is 11.4. The molecule has 0 aliphatic carbocycles. The first-order valence-corrected chi connectivity index (χ1v) is 11.4. The lowest BCUT2D eigenvalue weighted by molar-refractivity contribution is 0.0955. The molecule has 0 atom stereocenters. The number of hydrogen-bond donors (Lipinski definition) is 1. The molecule has 2 aromatic rings. The predicted molar refractivity (Wildman–Crippen MR) is 125 cm³/mol. The van der Waals surface area contributed by atoms with E-state index in [1.165, 1.54) is 50.5 Å². The van der Waals surface area contributed by atoms with E-state index in [1.807, 2.05) is 30.3 Å². The topological polar surface area (TPSA) is 50.7 Å². The summed E-state index contributed by atoms with van der Waals surface area (Å²) in [5.74, 6) is 0.599. The average molecular weight is 409 g/mol. The van der Waals surface area contributed by atoms with Crippen LogP contribution >= 0.6 is 0 Å². The first-order chi connectivity index (χ1) is 14.8. The van der Waals surface area contributed by atoms with Crippen molar-refractivity contribution in [1.82, 2.24) is 5.43 Å². The number of nitrogens with zero attached hydrogens (tertiary/aromatic N) is 1. The van der Waals surface area contributed by atoms with Crippen molar-refractivity contribution >= 4 is 12.1 Å². The van der Waals surface area contributed by atoms with Crippen molar-refractivity contribution in [3.8, 4) is 5.75 Å². The number of amides is 1. The minimum atomic E-state index is -0.208. The highest BCUT2D eigenvalue weighted by Gasteiger charge is 2.04. The van der Waals surface area contributed by atoms with Crippen LogP contribution in [0.2, 0.25) is 0 Å². The van der Waals surface area contributed by atoms with Gasteiger partial charge in [-0.15, -0.1) is 0 Å². The van der Waals surface area contributed by atoms with Crippen molar-refractivity contribution in [1.29, 1.82) is 0 Å². The van der Waals surface area contributed by atoms with Gasteiger partial charge < -0.3 is 4.74 Å². The van der Waals surface area contributed by atoms with Gasteiger partial charge in [0.2, 0.25) is 0 Å². The smallest absolute Gasteiger partial charge is 0.271 e. The van der Waals surface area contributed by atoms with Gasteiger partial charge in [-0.05, 0) is 49.1 Å². The van der Waals surface area contributed by atoms with Crippen LogP contribution in [0.3, 0.4) is 0 Å². The third kappa shape index (κ3) is 10.2. The summed E-state index contributed by atoms with van der Waals surface area (Å²) >= 11 is 0. The fourth-order valence-electron chi connectivity index (χ4n) is 3.24. The van der Waals surface area contributed by atoms with Crippen LogP contribution < -0.4 is 10.2 Å². The molecule has 4 nitrogen and oxygen atoms in total. The van der Waals surface area contributed by atoms with Gasteiger partial charge in [0.05, 0.1) is 6.61 Å². The van der Waals surface area contributed by atoms with Gasteiger partial charge in [0.15, 0.2) is 0 Å². The van der Waals surface area contributed by atoms with Gasteiger partial charge >= 0.3 is 0 Å². The van der Waals surface area contributed by atoms with E-state index in [0.717, 1.165) is 31.6 Å². The maximum atomic E-state index is 12.1. The molecule has 1 N–H and O–H groups in total. The molecule has 2 rings (SSSR count). The fraction of sp³-hybridized carbons (Fsp3) is 0.462. The lowest BCUT2D eigenvalue weighted by atomic mass is 10.1. The van der Waals surface area contributed by atoms with Crippen molar-refractivity contribution in [2.75, 3.05) is 6.61 Å². The lowest BCUT2D eigenvalue weighted by Gasteiger charge is -2.07. The summed E-state index contributed by atoms with van der Waals surface area (Å²) in [4.78, 5) is 12.1. The van der Waals surface area contributed by atoms with Crippen LogP contribution in [0.15, 0.2) is 59.7 Å². The molecule has 162 valence electrons. The number of unbranched alkanes of at least 4 members (excludes halogenated alkanes) is 7. The Morgan fingerprint density at radius 3 is 2.27 bits per heavy atom. The molecule has 0 saturated heterocycles. The Kier molecular flexibility index (Phi) is 12.0. The second-order valence-electron chi connectivity index (χ2n) is 7.62. The molecule has 0 saturated carbocycles. The summed E-state index contributed by atoms with van der Waals surface area (Å²) in [6.45, 7) is 2.98. The summed E-state index contributed by atoms with van der Waals surface area (Å²) in [7, 11) is 0. The van der Waals surface area contributed by atoms with Crippen molar-refractivity contribution in [3.63, 3.8) is 0 Å². The molecule has 2 aromatic carbocycles. The molecular formula is C26H36N2O2. The van der Waals surface area contributed by atoms with E-state index < -0.39 is 0 Å². The van der Waals surface area contributed by atoms with Crippen LogP contribution in [0.4, 0.5) is 0 Å². The molecule has 0 unspecified atom stereocenters. The maximum absolute atomic E-state index is 12.1. The van der Waals surface area contributed by atoms with Gasteiger partial charge in [0, 0.05) is 11.8 Å². The van der Waals surface area contributed by atoms with Gasteiger partial charge in [-0.2, -0.15) is 5.10 Å². The van der Waals surface area contributed by atoms with Crippen molar-refractivity contribution in [2.45, 2.75) is 71.1 Å². The van der Waals surface area contributed by atoms with Crippen molar-refractivity contribution in [2.24, 2.45) is 5.10 Å². The highest BCUT2D eigenvalue weighted by Crippen LogP contribution is 2.14. The lowest BCUT2D eigenvalue weighted by Crippen LogP contribution is -2.17. The SMILES string of the molecule is CCCCCCCCCCOc1ccc(C(=O)N/N=C\CCc2ccccc2)cc1. The Labute approximate surface area is 181 Å². The molecule has 0 spiro atoms. The molecule has 4 heteroatoms. The van der Waals surface area contributed by atoms with Gasteiger partial charge in [0.25, 0.3) is 5.91 Å². The van der Waals surface area contributed by atoms with E-state index in [1.54, 1.807) is 18.3 Å². The number of hydrazone groups is 1. The number of rotatable bonds is 15. The second-order valence-corrected chi connectivity index (χ2v) is 7.62. The molecule has 0 bridgehead atoms. The zero-order valence-electron chi connectivity index (χ0n) is 18.3. The maximum Gasteiger partial charge on any atom is 0.271 e. The molecule has 0 radical (unpaired) electrons. The molecular weight excluding hydrogens is 372 g/mol. The number of hydrogen-bond acceptors (Lipinski definition) is 3. The predicted octanol–water partition coefficient (Wildman–Crippen LogP) is 6.55. The number of carbonyl (C=O) groups excluding carboxylic acids is 1. The Hall–Kier alpha value is -2.62. The molecule has 0 aromatic heterocycles. The third-order valence-electron chi connectivity index (χ3n) is 5.05. The van der Waals surface area contributed by atoms with Crippen LogP contribution in [-0.2, 0) is 6.42 Å². The molecule has 0 aliphatic heterocycles. The van der Waals surface area contributed by atoms with Crippen LogP contribution in [0.25, 0.3) is 0 Å². The van der Waals surface area contributed by atoms with E-state index in [4.69, 9.17) is 4.74 Å². The van der Waals surface area contributed by atoms with Crippen LogP contribution in [0.5, 0.6) is 5.75 Å². The first kappa shape index (κ1) is 23.7. The Bertz CT molecular complexity index is 726. The summed E-state index contributed by atoms with van der Waals surface area (Å²) in [6.07, 6.45) is 13.7. The summed E-state index contributed by atoms with van der Waals surface area (Å²) in [5, 5.41) is 4.03. The second kappa shape index (κ2) is 15.3. The van der Waals surface area contributed by atoms with Crippen LogP contribution in [0.1, 0.15) is 80.6 Å². The molecule has 1 amide bonds. The third-order valence-corrected chi connectivity index (χ3v) is 5.05. The number of nitrogens with one attached hydrogen (secondary N) is 1. The summed E-state index contributed by atoms with van der Waals surface area (Å²) < 4.78 is 5.78. The van der Waals surface area contributed by atoms with E-state index in [-0.39, 0.29) is 5.91 Å². The minimum absolute atomic E-state index is 0.208. The van der Waals surface area contributed by atoms with E-state index in [0.29, 0.717) is 5.56 Å². The highest BCUT2D eigenvalue weighted by atomic mass is 16.5. The number of benzene rings is 2. The van der Waals surface area contributed by atoms with Gasteiger partial charge in [-0.1, -0.05) is 82.2 Å². The largest absolute Gasteiger partial charge is 0.494 e. The van der Waals surface area contributed by atoms with E-state index >= 15 is 0 Å². The molecule has 30 heavy (non-hydrogen) atoms. The van der Waals surface area contributed by atoms with E-state index in [9.17, 15) is 4.79 Å². The van der Waals surface area contributed by atoms with E-state index in [2.05, 4.69) is 29.6 Å². The minimum Gasteiger partial charge on any atom is -0.494 e. The molecule has 0 aliphatic rings. The summed E-state index contributed by atoms with van der Waals surface area (Å²) in [5.41, 5.74) is 4.42. The van der Waals surface area contributed by atoms with Gasteiger partial charge in [-0.3, -0.25) is 4.79 Å². The van der Waals surface area contributed by atoms with Crippen molar-refractivity contribution < 1.29 is 9.53 Å². The standard InChI is InChI=1S/C26H36N2O2/c1-2-3-4-5-6-7-8-12-22-30-25-19-17-24(18-20-25)26(29)28-27-21-13-16-23-14-10-9-11-15-23/h9-11,14-15,17-21H,2-8,12-13,16,22H2,1H3,(H,28,29)/b27-21-. The molecule has 0 heterocycles. The molecule has 0 fully saturated rings. The zero-order valence-corrected chi connectivity index (χ0v) is 18.3. The van der Waals surface area contributed by atoms with Gasteiger partial charge in [-0.25, -0.2) is 5.43 Å². The average Bonchev–Trinajstić information content (AvgIpc) is 2.79. The normalized spacial score (nSPS) is 11.0. The van der Waals surface area contributed by atoms with Crippen LogP contribution in [-0.4, -0.2) is 18.7 Å². The fourth-order valence-corrected chi connectivity index (χ4v) is 3.24. The number of aryl methyl sites for hydroxylation is 1. The quantitative estimate of drug-likeness (QED) is 0.206. The Morgan fingerprint density at radius 2 is 1.57 bits per heavy atom. The monoisotopic (exact) mass is 408 g/mol. The van der Waals surface area contributed by atoms with Crippen molar-refractivity contribution in [3.05, 3.63) is 65.7 Å². The van der Waals surface area contributed by atoms with Crippen LogP contribution in [0, 0.1) is 0 Å². The zero-order chi connectivity index (χ0) is 21.3. The van der Waals surface area contributed by atoms with Gasteiger partial charge in [0.1, 0.15) is 5.75 Å². The highest BCUT2D eigenvalue weighted by molar-refractivity contribution is 5.94. The summed E-state index contributed by atoms with van der Waals surface area (Å²) in [6, 6.07) is 17.5. The number of carbonyl (C=O) groups is 1.